The van der Waals surface area contributed by atoms with Crippen molar-refractivity contribution in [2.24, 2.45) is 5.10 Å². The minimum absolute atomic E-state index is 0.159. The molecule has 0 fully saturated rings. The molecule has 0 saturated heterocycles. The third-order valence-corrected chi connectivity index (χ3v) is 4.55. The highest BCUT2D eigenvalue weighted by Crippen LogP contribution is 2.34. The first-order chi connectivity index (χ1) is 15.3. The van der Waals surface area contributed by atoms with Crippen LogP contribution in [0.3, 0.4) is 0 Å². The first-order valence-corrected chi connectivity index (χ1v) is 9.07. The Bertz CT molecular complexity index is 1270. The third-order valence-electron chi connectivity index (χ3n) is 4.55. The fraction of sp³-hybridized carbons (Fsp3) is 0. The predicted molar refractivity (Wildman–Crippen MR) is 111 cm³/mol. The van der Waals surface area contributed by atoms with Crippen LogP contribution in [0.5, 0.6) is 11.5 Å². The topological polar surface area (TPSA) is 145 Å². The fourth-order valence-corrected chi connectivity index (χ4v) is 3.00. The summed E-state index contributed by atoms with van der Waals surface area (Å²) in [7, 11) is 0. The molecule has 1 heterocycles. The number of hydrazone groups is 1. The van der Waals surface area contributed by atoms with Gasteiger partial charge in [0, 0.05) is 6.07 Å². The van der Waals surface area contributed by atoms with E-state index in [0.717, 1.165) is 23.2 Å². The van der Waals surface area contributed by atoms with E-state index >= 15 is 0 Å². The maximum Gasteiger partial charge on any atom is 0.318 e. The van der Waals surface area contributed by atoms with Gasteiger partial charge in [0.05, 0.1) is 33.3 Å². The zero-order valence-corrected chi connectivity index (χ0v) is 16.1. The van der Waals surface area contributed by atoms with E-state index in [9.17, 15) is 29.8 Å². The summed E-state index contributed by atoms with van der Waals surface area (Å²) in [4.78, 5) is 45.2. The Balaban J connectivity index is 1.50. The molecule has 2 amide bonds. The van der Waals surface area contributed by atoms with E-state index in [2.05, 4.69) is 5.10 Å². The lowest BCUT2D eigenvalue weighted by Gasteiger charge is -2.07. The molecule has 0 atom stereocenters. The molecule has 0 unspecified atom stereocenters. The molecule has 32 heavy (non-hydrogen) atoms. The van der Waals surface area contributed by atoms with Gasteiger partial charge in [-0.25, -0.2) is 0 Å². The number of carbonyl (C=O) groups excluding carboxylic acids is 2. The van der Waals surface area contributed by atoms with Gasteiger partial charge in [0.15, 0.2) is 0 Å². The number of hydrogen-bond donors (Lipinski definition) is 0. The zero-order chi connectivity index (χ0) is 22.8. The van der Waals surface area contributed by atoms with Crippen molar-refractivity contribution in [3.05, 3.63) is 104 Å². The standard InChI is InChI=1S/C21H12N4O7/c26-20-16-3-1-2-4-17(16)21(27)23(20)22-12-13-5-8-15(9-6-13)32-19-10-7-14(24(28)29)11-18(19)25(30)31/h1-12H/b22-12+. The van der Waals surface area contributed by atoms with Crippen LogP contribution in [0.4, 0.5) is 11.4 Å². The van der Waals surface area contributed by atoms with Crippen LogP contribution in [0.2, 0.25) is 0 Å². The van der Waals surface area contributed by atoms with E-state index < -0.39 is 33.0 Å². The van der Waals surface area contributed by atoms with Crippen molar-refractivity contribution in [3.8, 4) is 11.5 Å². The van der Waals surface area contributed by atoms with Gasteiger partial charge < -0.3 is 4.74 Å². The molecular weight excluding hydrogens is 420 g/mol. The second kappa shape index (κ2) is 8.07. The van der Waals surface area contributed by atoms with E-state index in [-0.39, 0.29) is 22.6 Å². The summed E-state index contributed by atoms with van der Waals surface area (Å²) >= 11 is 0. The molecule has 1 aliphatic heterocycles. The largest absolute Gasteiger partial charge is 0.450 e. The Hall–Kier alpha value is -4.93. The summed E-state index contributed by atoms with van der Waals surface area (Å²) in [6, 6.07) is 15.6. The van der Waals surface area contributed by atoms with E-state index in [1.165, 1.54) is 18.3 Å². The van der Waals surface area contributed by atoms with Gasteiger partial charge in [0.1, 0.15) is 5.75 Å². The number of hydrogen-bond acceptors (Lipinski definition) is 8. The molecule has 4 rings (SSSR count). The lowest BCUT2D eigenvalue weighted by molar-refractivity contribution is -0.394. The second-order valence-electron chi connectivity index (χ2n) is 6.55. The van der Waals surface area contributed by atoms with Gasteiger partial charge in [-0.2, -0.15) is 10.1 Å². The molecule has 1 aliphatic rings. The summed E-state index contributed by atoms with van der Waals surface area (Å²) in [5.74, 6) is -0.965. The molecule has 0 spiro atoms. The second-order valence-corrected chi connectivity index (χ2v) is 6.55. The van der Waals surface area contributed by atoms with E-state index in [1.807, 2.05) is 0 Å². The van der Waals surface area contributed by atoms with Gasteiger partial charge in [-0.3, -0.25) is 29.8 Å². The summed E-state index contributed by atoms with van der Waals surface area (Å²) < 4.78 is 5.49. The molecule has 0 aromatic heterocycles. The number of ether oxygens (including phenoxy) is 1. The van der Waals surface area contributed by atoms with Gasteiger partial charge in [-0.05, 0) is 48.0 Å². The molecule has 3 aromatic rings. The van der Waals surface area contributed by atoms with E-state index in [0.29, 0.717) is 5.56 Å². The van der Waals surface area contributed by atoms with Crippen molar-refractivity contribution in [2.75, 3.05) is 0 Å². The Morgan fingerprint density at radius 3 is 2.03 bits per heavy atom. The maximum atomic E-state index is 12.3. The number of amides is 2. The molecule has 0 bridgehead atoms. The third kappa shape index (κ3) is 3.77. The SMILES string of the molecule is O=C1c2ccccc2C(=O)N1/N=C/c1ccc(Oc2ccc([N+](=O)[O-])cc2[N+](=O)[O-])cc1. The van der Waals surface area contributed by atoms with Crippen LogP contribution < -0.4 is 4.74 Å². The molecule has 158 valence electrons. The highest BCUT2D eigenvalue weighted by molar-refractivity contribution is 6.21. The highest BCUT2D eigenvalue weighted by Gasteiger charge is 2.35. The number of rotatable bonds is 6. The minimum Gasteiger partial charge on any atom is -0.450 e. The Morgan fingerprint density at radius 2 is 1.47 bits per heavy atom. The summed E-state index contributed by atoms with van der Waals surface area (Å²) in [5.41, 5.74) is 0.123. The Morgan fingerprint density at radius 1 is 0.844 bits per heavy atom. The van der Waals surface area contributed by atoms with Crippen LogP contribution in [0.25, 0.3) is 0 Å². The highest BCUT2D eigenvalue weighted by atomic mass is 16.6. The van der Waals surface area contributed by atoms with Crippen molar-refractivity contribution in [3.63, 3.8) is 0 Å². The average molecular weight is 432 g/mol. The number of nitro groups is 2. The minimum atomic E-state index is -0.772. The van der Waals surface area contributed by atoms with Crippen molar-refractivity contribution < 1.29 is 24.2 Å². The first kappa shape index (κ1) is 20.3. The Kier molecular flexibility index (Phi) is 5.13. The number of imide groups is 1. The molecule has 0 N–H and O–H groups in total. The van der Waals surface area contributed by atoms with Gasteiger partial charge in [0.2, 0.25) is 5.75 Å². The smallest absolute Gasteiger partial charge is 0.318 e. The summed E-state index contributed by atoms with van der Waals surface area (Å²) in [5, 5.41) is 26.8. The lowest BCUT2D eigenvalue weighted by atomic mass is 10.1. The first-order valence-electron chi connectivity index (χ1n) is 9.07. The molecule has 0 radical (unpaired) electrons. The van der Waals surface area contributed by atoms with Crippen LogP contribution in [0.15, 0.2) is 71.8 Å². The molecule has 11 heteroatoms. The summed E-state index contributed by atoms with van der Waals surface area (Å²) in [6.45, 7) is 0. The van der Waals surface area contributed by atoms with E-state index in [1.54, 1.807) is 36.4 Å². The van der Waals surface area contributed by atoms with Crippen molar-refractivity contribution >= 4 is 29.4 Å². The maximum absolute atomic E-state index is 12.3. The van der Waals surface area contributed by atoms with Crippen LogP contribution in [0, 0.1) is 20.2 Å². The number of nitrogens with zero attached hydrogens (tertiary/aromatic N) is 4. The van der Waals surface area contributed by atoms with Crippen LogP contribution >= 0.6 is 0 Å². The monoisotopic (exact) mass is 432 g/mol. The van der Waals surface area contributed by atoms with Crippen LogP contribution in [-0.2, 0) is 0 Å². The van der Waals surface area contributed by atoms with Crippen molar-refractivity contribution in [1.82, 2.24) is 5.01 Å². The Labute approximate surface area is 179 Å². The zero-order valence-electron chi connectivity index (χ0n) is 16.1. The average Bonchev–Trinajstić information content (AvgIpc) is 3.03. The summed E-state index contributed by atoms with van der Waals surface area (Å²) in [6.07, 6.45) is 1.32. The normalized spacial score (nSPS) is 12.8. The quantitative estimate of drug-likeness (QED) is 0.248. The number of carbonyl (C=O) groups is 2. The van der Waals surface area contributed by atoms with E-state index in [4.69, 9.17) is 4.74 Å². The number of non-ortho nitro benzene ring substituents is 1. The predicted octanol–water partition coefficient (Wildman–Crippen LogP) is 3.93. The number of nitro benzene ring substituents is 2. The molecule has 11 nitrogen and oxygen atoms in total. The molecular formula is C21H12N4O7. The van der Waals surface area contributed by atoms with Crippen molar-refractivity contribution in [1.29, 1.82) is 0 Å². The van der Waals surface area contributed by atoms with Crippen molar-refractivity contribution in [2.45, 2.75) is 0 Å². The molecule has 0 saturated carbocycles. The molecule has 0 aliphatic carbocycles. The van der Waals surface area contributed by atoms with Gasteiger partial charge in [-0.1, -0.05) is 12.1 Å². The van der Waals surface area contributed by atoms with Gasteiger partial charge in [-0.15, -0.1) is 0 Å². The van der Waals surface area contributed by atoms with Crippen LogP contribution in [-0.4, -0.2) is 32.9 Å². The van der Waals surface area contributed by atoms with Gasteiger partial charge >= 0.3 is 5.69 Å². The molecule has 3 aromatic carbocycles. The lowest BCUT2D eigenvalue weighted by Crippen LogP contribution is -2.23. The fourth-order valence-electron chi connectivity index (χ4n) is 3.00. The number of fused-ring (bicyclic) bond motifs is 1. The number of benzene rings is 3. The van der Waals surface area contributed by atoms with Crippen LogP contribution in [0.1, 0.15) is 26.3 Å². The van der Waals surface area contributed by atoms with Gasteiger partial charge in [0.25, 0.3) is 17.5 Å².